The molecule has 0 saturated carbocycles. The first-order chi connectivity index (χ1) is 19.3. The fourth-order valence-electron chi connectivity index (χ4n) is 6.08. The molecule has 1 aliphatic rings. The van der Waals surface area contributed by atoms with E-state index in [4.69, 9.17) is 0 Å². The molecule has 0 amide bonds. The molecule has 2 nitrogen and oxygen atoms in total. The minimum absolute atomic E-state index is 1.09. The minimum atomic E-state index is 1.09. The monoisotopic (exact) mass is 518 g/mol. The predicted molar refractivity (Wildman–Crippen MR) is 169 cm³/mol. The lowest BCUT2D eigenvalue weighted by molar-refractivity contribution is 0.968. The number of fused-ring (bicyclic) bond motifs is 6. The maximum absolute atomic E-state index is 3.74. The molecule has 1 N–H and O–H groups in total. The average molecular weight is 519 g/mol. The molecular weight excluding hydrogens is 492 g/mol. The molecule has 186 valence electrons. The Bertz CT molecular complexity index is 2060. The third-order valence-electron chi connectivity index (χ3n) is 7.86. The van der Waals surface area contributed by atoms with Gasteiger partial charge < -0.3 is 9.88 Å². The van der Waals surface area contributed by atoms with Gasteiger partial charge in [0.05, 0.1) is 5.52 Å². The van der Waals surface area contributed by atoms with Gasteiger partial charge in [0.25, 0.3) is 0 Å². The summed E-state index contributed by atoms with van der Waals surface area (Å²) < 4.78 is 5.07. The number of benzene rings is 5. The molecule has 0 bridgehead atoms. The highest BCUT2D eigenvalue weighted by molar-refractivity contribution is 7.25. The van der Waals surface area contributed by atoms with Gasteiger partial charge in [-0.05, 0) is 78.6 Å². The van der Waals surface area contributed by atoms with Gasteiger partial charge >= 0.3 is 0 Å². The van der Waals surface area contributed by atoms with Gasteiger partial charge in [-0.3, -0.25) is 0 Å². The lowest BCUT2D eigenvalue weighted by Crippen LogP contribution is -2.00. The molecule has 3 heteroatoms. The Morgan fingerprint density at radius 3 is 2.46 bits per heavy atom. The molecule has 2 heterocycles. The van der Waals surface area contributed by atoms with Crippen LogP contribution >= 0.6 is 11.3 Å². The molecule has 2 aromatic heterocycles. The van der Waals surface area contributed by atoms with Crippen LogP contribution in [0.4, 0.5) is 11.4 Å². The Hall–Kier alpha value is -4.60. The topological polar surface area (TPSA) is 17.0 Å². The number of aromatic nitrogens is 1. The number of rotatable bonds is 4. The second-order valence-corrected chi connectivity index (χ2v) is 11.3. The van der Waals surface area contributed by atoms with Gasteiger partial charge in [0.15, 0.2) is 0 Å². The van der Waals surface area contributed by atoms with Crippen molar-refractivity contribution in [2.45, 2.75) is 12.8 Å². The Morgan fingerprint density at radius 2 is 1.49 bits per heavy atom. The summed E-state index contributed by atoms with van der Waals surface area (Å²) in [7, 11) is 0. The highest BCUT2D eigenvalue weighted by Crippen LogP contribution is 2.38. The van der Waals surface area contributed by atoms with Crippen LogP contribution < -0.4 is 5.32 Å². The number of nitrogens with zero attached hydrogens (tertiary/aromatic N) is 1. The molecule has 0 radical (unpaired) electrons. The van der Waals surface area contributed by atoms with E-state index in [0.29, 0.717) is 0 Å². The van der Waals surface area contributed by atoms with E-state index >= 15 is 0 Å². The van der Waals surface area contributed by atoms with Crippen molar-refractivity contribution in [2.24, 2.45) is 0 Å². The standard InChI is InChI=1S/C36H26N2S/c1-5-16-32(37-25-20-21-36-31(23-25)30-15-4-8-19-35(30)39-36)27(12-1)24-10-9-11-26(22-24)38-33-17-6-2-13-28(33)29-14-3-7-18-34(29)38/h1-2,4-13,15-23,37H,3,14H2. The Balaban J connectivity index is 1.22. The molecule has 39 heavy (non-hydrogen) atoms. The van der Waals surface area contributed by atoms with Crippen molar-refractivity contribution < 1.29 is 0 Å². The second kappa shape index (κ2) is 9.00. The first-order valence-corrected chi connectivity index (χ1v) is 14.3. The van der Waals surface area contributed by atoms with Crippen molar-refractivity contribution in [1.29, 1.82) is 0 Å². The average Bonchev–Trinajstić information content (AvgIpc) is 3.53. The van der Waals surface area contributed by atoms with E-state index in [1.165, 1.54) is 59.1 Å². The van der Waals surface area contributed by atoms with E-state index < -0.39 is 0 Å². The molecule has 0 fully saturated rings. The number of nitrogens with one attached hydrogen (secondary N) is 1. The third-order valence-corrected chi connectivity index (χ3v) is 9.01. The first kappa shape index (κ1) is 22.4. The quantitative estimate of drug-likeness (QED) is 0.245. The summed E-state index contributed by atoms with van der Waals surface area (Å²) >= 11 is 1.85. The van der Waals surface area contributed by atoms with Crippen molar-refractivity contribution in [3.05, 3.63) is 133 Å². The van der Waals surface area contributed by atoms with E-state index in [2.05, 4.69) is 137 Å². The maximum atomic E-state index is 3.74. The van der Waals surface area contributed by atoms with Crippen molar-refractivity contribution in [3.63, 3.8) is 0 Å². The van der Waals surface area contributed by atoms with Crippen LogP contribution in [0.25, 0.3) is 54.0 Å². The van der Waals surface area contributed by atoms with Crippen LogP contribution in [0, 0.1) is 0 Å². The molecule has 7 aromatic rings. The molecule has 5 aromatic carbocycles. The number of thiophene rings is 1. The van der Waals surface area contributed by atoms with E-state index in [1.54, 1.807) is 0 Å². The van der Waals surface area contributed by atoms with Gasteiger partial charge in [-0.1, -0.05) is 72.8 Å². The van der Waals surface area contributed by atoms with Crippen LogP contribution in [-0.4, -0.2) is 4.57 Å². The van der Waals surface area contributed by atoms with Crippen molar-refractivity contribution in [3.8, 4) is 16.8 Å². The van der Waals surface area contributed by atoms with Crippen LogP contribution in [0.3, 0.4) is 0 Å². The SMILES string of the molecule is C1=Cc2c(c3ccccc3n2-c2cccc(-c3ccccc3Nc3ccc4sc5ccccc5c4c3)c2)CC1. The van der Waals surface area contributed by atoms with Gasteiger partial charge in [0.1, 0.15) is 0 Å². The maximum Gasteiger partial charge on any atom is 0.0537 e. The van der Waals surface area contributed by atoms with E-state index in [1.807, 2.05) is 11.3 Å². The largest absolute Gasteiger partial charge is 0.355 e. The summed E-state index contributed by atoms with van der Waals surface area (Å²) in [6.07, 6.45) is 6.79. The van der Waals surface area contributed by atoms with Crippen LogP contribution in [0.5, 0.6) is 0 Å². The van der Waals surface area contributed by atoms with Crippen LogP contribution in [0.2, 0.25) is 0 Å². The Labute approximate surface area is 231 Å². The Morgan fingerprint density at radius 1 is 0.667 bits per heavy atom. The third kappa shape index (κ3) is 3.70. The van der Waals surface area contributed by atoms with Crippen molar-refractivity contribution >= 4 is 59.9 Å². The number of para-hydroxylation sites is 2. The molecule has 0 atom stereocenters. The first-order valence-electron chi connectivity index (χ1n) is 13.5. The van der Waals surface area contributed by atoms with Crippen molar-refractivity contribution in [1.82, 2.24) is 4.57 Å². The number of aryl methyl sites for hydroxylation is 1. The lowest BCUT2D eigenvalue weighted by Gasteiger charge is -2.16. The van der Waals surface area contributed by atoms with Gasteiger partial charge in [-0.2, -0.15) is 0 Å². The fourth-order valence-corrected chi connectivity index (χ4v) is 7.17. The molecule has 0 unspecified atom stereocenters. The van der Waals surface area contributed by atoms with E-state index in [9.17, 15) is 0 Å². The molecule has 1 aliphatic carbocycles. The van der Waals surface area contributed by atoms with Gasteiger partial charge in [-0.25, -0.2) is 0 Å². The summed E-state index contributed by atoms with van der Waals surface area (Å²) in [6, 6.07) is 41.7. The summed E-state index contributed by atoms with van der Waals surface area (Å²) in [5.74, 6) is 0. The molecular formula is C36H26N2S. The Kier molecular flexibility index (Phi) is 5.17. The highest BCUT2D eigenvalue weighted by Gasteiger charge is 2.18. The van der Waals surface area contributed by atoms with Crippen LogP contribution in [0.15, 0.2) is 121 Å². The van der Waals surface area contributed by atoms with Gasteiger partial charge in [0.2, 0.25) is 0 Å². The second-order valence-electron chi connectivity index (χ2n) is 10.2. The van der Waals surface area contributed by atoms with Gasteiger partial charge in [0, 0.05) is 53.9 Å². The number of allylic oxidation sites excluding steroid dienone is 1. The van der Waals surface area contributed by atoms with E-state index in [0.717, 1.165) is 24.2 Å². The smallest absolute Gasteiger partial charge is 0.0537 e. The van der Waals surface area contributed by atoms with Gasteiger partial charge in [-0.15, -0.1) is 11.3 Å². The summed E-state index contributed by atoms with van der Waals surface area (Å²) in [6.45, 7) is 0. The van der Waals surface area contributed by atoms with Crippen molar-refractivity contribution in [2.75, 3.05) is 5.32 Å². The highest BCUT2D eigenvalue weighted by atomic mass is 32.1. The minimum Gasteiger partial charge on any atom is -0.355 e. The zero-order valence-electron chi connectivity index (χ0n) is 21.4. The zero-order chi connectivity index (χ0) is 25.8. The number of hydrogen-bond donors (Lipinski definition) is 1. The number of hydrogen-bond acceptors (Lipinski definition) is 2. The van der Waals surface area contributed by atoms with E-state index in [-0.39, 0.29) is 0 Å². The van der Waals surface area contributed by atoms with Crippen LogP contribution in [0.1, 0.15) is 17.7 Å². The summed E-state index contributed by atoms with van der Waals surface area (Å²) in [5.41, 5.74) is 9.82. The summed E-state index contributed by atoms with van der Waals surface area (Å²) in [5, 5.41) is 7.72. The fraction of sp³-hybridized carbons (Fsp3) is 0.0556. The molecule has 0 spiro atoms. The summed E-state index contributed by atoms with van der Waals surface area (Å²) in [4.78, 5) is 0. The predicted octanol–water partition coefficient (Wildman–Crippen LogP) is 10.4. The molecule has 8 rings (SSSR count). The molecule has 0 aliphatic heterocycles. The zero-order valence-corrected chi connectivity index (χ0v) is 22.2. The number of anilines is 2. The lowest BCUT2D eigenvalue weighted by atomic mass is 10.0. The molecule has 0 saturated heterocycles. The van der Waals surface area contributed by atoms with Crippen LogP contribution in [-0.2, 0) is 6.42 Å². The normalized spacial score (nSPS) is 12.8.